The van der Waals surface area contributed by atoms with Crippen molar-refractivity contribution in [1.29, 1.82) is 0 Å². The Morgan fingerprint density at radius 2 is 1.71 bits per heavy atom. The second-order valence-electron chi connectivity index (χ2n) is 6.56. The number of benzene rings is 2. The predicted octanol–water partition coefficient (Wildman–Crippen LogP) is 3.58. The Morgan fingerprint density at radius 3 is 2.33 bits per heavy atom. The van der Waals surface area contributed by atoms with Crippen LogP contribution < -0.4 is 10.2 Å². The molecular weight excluding hydrogens is 260 g/mol. The van der Waals surface area contributed by atoms with Gasteiger partial charge in [-0.3, -0.25) is 4.79 Å². The summed E-state index contributed by atoms with van der Waals surface area (Å²) in [5.74, 6) is 0.0400. The van der Waals surface area contributed by atoms with E-state index in [1.54, 1.807) is 0 Å². The third-order valence-electron chi connectivity index (χ3n) is 3.60. The van der Waals surface area contributed by atoms with Crippen LogP contribution in [0.25, 0.3) is 10.8 Å². The lowest BCUT2D eigenvalue weighted by molar-refractivity contribution is -0.123. The molecule has 0 aliphatic heterocycles. The van der Waals surface area contributed by atoms with E-state index in [1.807, 2.05) is 51.8 Å². The molecule has 1 unspecified atom stereocenters. The molecule has 0 aromatic heterocycles. The van der Waals surface area contributed by atoms with E-state index in [0.717, 1.165) is 5.69 Å². The highest BCUT2D eigenvalue weighted by Crippen LogP contribution is 2.22. The molecule has 0 fully saturated rings. The molecule has 1 amide bonds. The Hall–Kier alpha value is -2.03. The second-order valence-corrected chi connectivity index (χ2v) is 6.56. The van der Waals surface area contributed by atoms with E-state index in [1.165, 1.54) is 10.8 Å². The van der Waals surface area contributed by atoms with Crippen molar-refractivity contribution in [2.45, 2.75) is 39.3 Å². The van der Waals surface area contributed by atoms with Crippen LogP contribution in [0.2, 0.25) is 0 Å². The molecular formula is C18H24N2O. The van der Waals surface area contributed by atoms with Crippen LogP contribution >= 0.6 is 0 Å². The van der Waals surface area contributed by atoms with Gasteiger partial charge in [0.1, 0.15) is 6.04 Å². The third kappa shape index (κ3) is 3.75. The van der Waals surface area contributed by atoms with E-state index in [2.05, 4.69) is 35.6 Å². The maximum absolute atomic E-state index is 12.3. The minimum Gasteiger partial charge on any atom is -0.363 e. The van der Waals surface area contributed by atoms with E-state index < -0.39 is 0 Å². The number of fused-ring (bicyclic) bond motifs is 1. The van der Waals surface area contributed by atoms with Gasteiger partial charge in [0.2, 0.25) is 5.91 Å². The van der Waals surface area contributed by atoms with Crippen LogP contribution in [0.4, 0.5) is 5.69 Å². The summed E-state index contributed by atoms with van der Waals surface area (Å²) < 4.78 is 0. The van der Waals surface area contributed by atoms with Gasteiger partial charge >= 0.3 is 0 Å². The average molecular weight is 284 g/mol. The first kappa shape index (κ1) is 15.4. The van der Waals surface area contributed by atoms with Gasteiger partial charge < -0.3 is 10.2 Å². The average Bonchev–Trinajstić information content (AvgIpc) is 2.43. The lowest BCUT2D eigenvalue weighted by Crippen LogP contribution is -2.50. The molecule has 0 bridgehead atoms. The number of nitrogens with zero attached hydrogens (tertiary/aromatic N) is 1. The first-order chi connectivity index (χ1) is 9.78. The topological polar surface area (TPSA) is 32.3 Å². The zero-order chi connectivity index (χ0) is 15.6. The van der Waals surface area contributed by atoms with Crippen LogP contribution in [-0.4, -0.2) is 24.5 Å². The van der Waals surface area contributed by atoms with E-state index >= 15 is 0 Å². The fourth-order valence-electron chi connectivity index (χ4n) is 2.27. The lowest BCUT2D eigenvalue weighted by Gasteiger charge is -2.30. The molecule has 2 aromatic rings. The number of anilines is 1. The van der Waals surface area contributed by atoms with Gasteiger partial charge in [-0.05, 0) is 50.6 Å². The van der Waals surface area contributed by atoms with Gasteiger partial charge in [-0.15, -0.1) is 0 Å². The fraction of sp³-hybridized carbons (Fsp3) is 0.389. The summed E-state index contributed by atoms with van der Waals surface area (Å²) in [4.78, 5) is 14.3. The number of hydrogen-bond donors (Lipinski definition) is 1. The molecule has 1 N–H and O–H groups in total. The highest BCUT2D eigenvalue weighted by molar-refractivity contribution is 5.89. The van der Waals surface area contributed by atoms with Crippen LogP contribution in [-0.2, 0) is 4.79 Å². The van der Waals surface area contributed by atoms with Crippen molar-refractivity contribution in [3.63, 3.8) is 0 Å². The molecule has 1 atom stereocenters. The Kier molecular flexibility index (Phi) is 4.21. The number of nitrogens with one attached hydrogen (secondary N) is 1. The summed E-state index contributed by atoms with van der Waals surface area (Å²) >= 11 is 0. The van der Waals surface area contributed by atoms with E-state index in [9.17, 15) is 4.79 Å². The highest BCUT2D eigenvalue weighted by Gasteiger charge is 2.22. The van der Waals surface area contributed by atoms with Gasteiger partial charge in [0.25, 0.3) is 0 Å². The van der Waals surface area contributed by atoms with Crippen LogP contribution in [0.1, 0.15) is 27.7 Å². The van der Waals surface area contributed by atoms with Gasteiger partial charge in [-0.1, -0.05) is 30.3 Å². The maximum atomic E-state index is 12.3. The molecule has 2 rings (SSSR count). The minimum absolute atomic E-state index is 0.0400. The number of carbonyl (C=O) groups is 1. The second kappa shape index (κ2) is 5.76. The third-order valence-corrected chi connectivity index (χ3v) is 3.60. The number of amides is 1. The van der Waals surface area contributed by atoms with Crippen molar-refractivity contribution in [3.05, 3.63) is 42.5 Å². The number of rotatable bonds is 3. The number of carbonyl (C=O) groups excluding carboxylic acids is 1. The van der Waals surface area contributed by atoms with Gasteiger partial charge in [-0.25, -0.2) is 0 Å². The Balaban J connectivity index is 2.20. The Labute approximate surface area is 127 Å². The molecule has 21 heavy (non-hydrogen) atoms. The summed E-state index contributed by atoms with van der Waals surface area (Å²) in [6.45, 7) is 7.91. The van der Waals surface area contributed by atoms with Gasteiger partial charge in [0, 0.05) is 18.3 Å². The Morgan fingerprint density at radius 1 is 1.10 bits per heavy atom. The molecule has 0 aliphatic carbocycles. The molecule has 0 saturated carbocycles. The first-order valence-electron chi connectivity index (χ1n) is 7.31. The molecule has 0 radical (unpaired) electrons. The van der Waals surface area contributed by atoms with E-state index in [-0.39, 0.29) is 17.5 Å². The van der Waals surface area contributed by atoms with Crippen LogP contribution in [0.5, 0.6) is 0 Å². The van der Waals surface area contributed by atoms with Crippen LogP contribution in [0.3, 0.4) is 0 Å². The molecule has 0 aliphatic rings. The van der Waals surface area contributed by atoms with Gasteiger partial charge in [0.05, 0.1) is 0 Å². The summed E-state index contributed by atoms with van der Waals surface area (Å²) in [7, 11) is 1.96. The molecule has 2 aromatic carbocycles. The molecule has 0 heterocycles. The zero-order valence-electron chi connectivity index (χ0n) is 13.5. The summed E-state index contributed by atoms with van der Waals surface area (Å²) in [6, 6.07) is 14.3. The molecule has 0 saturated heterocycles. The van der Waals surface area contributed by atoms with Crippen molar-refractivity contribution < 1.29 is 4.79 Å². The van der Waals surface area contributed by atoms with E-state index in [4.69, 9.17) is 0 Å². The fourth-order valence-corrected chi connectivity index (χ4v) is 2.27. The van der Waals surface area contributed by atoms with Crippen molar-refractivity contribution in [1.82, 2.24) is 5.32 Å². The Bertz CT molecular complexity index is 643. The lowest BCUT2D eigenvalue weighted by atomic mass is 10.1. The van der Waals surface area contributed by atoms with Crippen LogP contribution in [0, 0.1) is 0 Å². The largest absolute Gasteiger partial charge is 0.363 e. The quantitative estimate of drug-likeness (QED) is 0.934. The highest BCUT2D eigenvalue weighted by atomic mass is 16.2. The first-order valence-corrected chi connectivity index (χ1v) is 7.31. The standard InChI is InChI=1S/C18H24N2O/c1-13(17(21)19-18(2,3)4)20(5)16-11-10-14-8-6-7-9-15(14)12-16/h6-13H,1-5H3,(H,19,21). The molecule has 3 heteroatoms. The van der Waals surface area contributed by atoms with Gasteiger partial charge in [-0.2, -0.15) is 0 Å². The van der Waals surface area contributed by atoms with Crippen molar-refractivity contribution in [3.8, 4) is 0 Å². The number of likely N-dealkylation sites (N-methyl/N-ethyl adjacent to an activating group) is 1. The molecule has 3 nitrogen and oxygen atoms in total. The normalized spacial score (nSPS) is 13.0. The zero-order valence-corrected chi connectivity index (χ0v) is 13.5. The minimum atomic E-state index is -0.217. The maximum Gasteiger partial charge on any atom is 0.242 e. The monoisotopic (exact) mass is 284 g/mol. The van der Waals surface area contributed by atoms with E-state index in [0.29, 0.717) is 0 Å². The number of hydrogen-bond acceptors (Lipinski definition) is 2. The predicted molar refractivity (Wildman–Crippen MR) is 89.7 cm³/mol. The van der Waals surface area contributed by atoms with Crippen molar-refractivity contribution >= 4 is 22.4 Å². The summed E-state index contributed by atoms with van der Waals surface area (Å²) in [6.07, 6.45) is 0. The van der Waals surface area contributed by atoms with Crippen LogP contribution in [0.15, 0.2) is 42.5 Å². The van der Waals surface area contributed by atoms with Crippen molar-refractivity contribution in [2.75, 3.05) is 11.9 Å². The summed E-state index contributed by atoms with van der Waals surface area (Å²) in [5, 5.41) is 5.42. The van der Waals surface area contributed by atoms with Gasteiger partial charge in [0.15, 0.2) is 0 Å². The smallest absolute Gasteiger partial charge is 0.242 e. The molecule has 112 valence electrons. The molecule has 0 spiro atoms. The summed E-state index contributed by atoms with van der Waals surface area (Å²) in [5.41, 5.74) is 0.834. The van der Waals surface area contributed by atoms with Crippen molar-refractivity contribution in [2.24, 2.45) is 0 Å². The SMILES string of the molecule is CC(C(=O)NC(C)(C)C)N(C)c1ccc2ccccc2c1.